The molecule has 0 fully saturated rings. The number of unbranched alkanes of at least 4 members (excludes halogenated alkanes) is 23. The quantitative estimate of drug-likeness (QED) is 0.0422. The summed E-state index contributed by atoms with van der Waals surface area (Å²) in [5.74, 6) is -0.0816. The average Bonchev–Trinajstić information content (AvgIpc) is 3.28. The van der Waals surface area contributed by atoms with Crippen LogP contribution in [-0.2, 0) is 4.79 Å². The fourth-order valence-corrected chi connectivity index (χ4v) is 7.27. The molecular formula is C58H99NO3. The second-order valence-corrected chi connectivity index (χ2v) is 17.2. The van der Waals surface area contributed by atoms with E-state index in [1.807, 2.05) is 6.08 Å². The van der Waals surface area contributed by atoms with Crippen molar-refractivity contribution in [3.63, 3.8) is 0 Å². The van der Waals surface area contributed by atoms with Gasteiger partial charge in [0.05, 0.1) is 18.8 Å². The third-order valence-corrected chi connectivity index (χ3v) is 11.2. The van der Waals surface area contributed by atoms with E-state index in [0.29, 0.717) is 6.42 Å². The van der Waals surface area contributed by atoms with Crippen LogP contribution in [0.15, 0.2) is 109 Å². The molecule has 0 spiro atoms. The van der Waals surface area contributed by atoms with Gasteiger partial charge in [0.25, 0.3) is 0 Å². The lowest BCUT2D eigenvalue weighted by molar-refractivity contribution is -0.123. The van der Waals surface area contributed by atoms with Crippen LogP contribution >= 0.6 is 0 Å². The van der Waals surface area contributed by atoms with E-state index >= 15 is 0 Å². The van der Waals surface area contributed by atoms with E-state index in [4.69, 9.17) is 0 Å². The van der Waals surface area contributed by atoms with Crippen molar-refractivity contribution in [2.75, 3.05) is 6.61 Å². The van der Waals surface area contributed by atoms with Gasteiger partial charge in [-0.3, -0.25) is 4.79 Å². The van der Waals surface area contributed by atoms with Gasteiger partial charge in [0, 0.05) is 6.42 Å². The maximum absolute atomic E-state index is 12.4. The maximum Gasteiger partial charge on any atom is 0.220 e. The molecule has 354 valence electrons. The number of carbonyl (C=O) groups excluding carboxylic acids is 1. The normalized spacial score (nSPS) is 13.8. The Balaban J connectivity index is 3.55. The number of rotatable bonds is 46. The van der Waals surface area contributed by atoms with Gasteiger partial charge < -0.3 is 15.5 Å². The highest BCUT2D eigenvalue weighted by atomic mass is 16.3. The van der Waals surface area contributed by atoms with Crippen LogP contribution in [0.5, 0.6) is 0 Å². The van der Waals surface area contributed by atoms with Crippen molar-refractivity contribution in [1.29, 1.82) is 0 Å². The van der Waals surface area contributed by atoms with E-state index in [1.165, 1.54) is 135 Å². The first-order valence-electron chi connectivity index (χ1n) is 26.1. The van der Waals surface area contributed by atoms with Crippen LogP contribution in [0.25, 0.3) is 0 Å². The monoisotopic (exact) mass is 858 g/mol. The van der Waals surface area contributed by atoms with E-state index in [9.17, 15) is 15.0 Å². The summed E-state index contributed by atoms with van der Waals surface area (Å²) in [6.45, 7) is 4.16. The summed E-state index contributed by atoms with van der Waals surface area (Å²) >= 11 is 0. The smallest absolute Gasteiger partial charge is 0.220 e. The molecule has 0 rings (SSSR count). The van der Waals surface area contributed by atoms with Crippen LogP contribution in [0, 0.1) is 0 Å². The molecule has 62 heavy (non-hydrogen) atoms. The number of allylic oxidation sites excluding steroid dienone is 17. The lowest BCUT2D eigenvalue weighted by Gasteiger charge is -2.19. The molecule has 2 atom stereocenters. The number of aliphatic hydroxyl groups excluding tert-OH is 2. The van der Waals surface area contributed by atoms with Crippen LogP contribution in [-0.4, -0.2) is 34.9 Å². The topological polar surface area (TPSA) is 69.6 Å². The minimum Gasteiger partial charge on any atom is -0.394 e. The summed E-state index contributed by atoms with van der Waals surface area (Å²) in [7, 11) is 0. The molecule has 4 nitrogen and oxygen atoms in total. The SMILES string of the molecule is CC/C=C\C/C=C\C/C=C\C/C=C\C/C=C\C/C=C\CCCCCCCCCCCCCCCCCCC(=O)NC(CO)C(O)/C=C/CC/C=C/CC/C=C/CCCCCCC. The van der Waals surface area contributed by atoms with Gasteiger partial charge in [0.1, 0.15) is 0 Å². The van der Waals surface area contributed by atoms with Crippen molar-refractivity contribution in [2.24, 2.45) is 0 Å². The van der Waals surface area contributed by atoms with Crippen molar-refractivity contribution in [1.82, 2.24) is 5.32 Å². The number of amides is 1. The van der Waals surface area contributed by atoms with Crippen LogP contribution in [0.3, 0.4) is 0 Å². The van der Waals surface area contributed by atoms with Crippen LogP contribution in [0.4, 0.5) is 0 Å². The highest BCUT2D eigenvalue weighted by molar-refractivity contribution is 5.76. The third kappa shape index (κ3) is 48.1. The Hall–Kier alpha value is -2.95. The average molecular weight is 858 g/mol. The third-order valence-electron chi connectivity index (χ3n) is 11.2. The second kappa shape index (κ2) is 52.4. The zero-order chi connectivity index (χ0) is 44.9. The molecule has 4 heteroatoms. The minimum atomic E-state index is -0.874. The Bertz CT molecular complexity index is 1200. The standard InChI is InChI=1S/C58H99NO3/c1-3-5-7-9-11-13-15-17-19-20-21-22-23-24-25-26-27-28-29-30-31-32-33-34-35-36-37-38-40-42-44-46-48-50-52-54-58(62)59-56(55-60)57(61)53-51-49-47-45-43-41-39-18-16-14-12-10-8-6-4-2/h5,7,11,13,16-19,21-22,24-25,27-28,43,45,51,53,56-57,60-61H,3-4,6,8-10,12,14-15,20,23,26,29-42,44,46-50,52,54-55H2,1-2H3,(H,59,62)/b7-5-,13-11-,18-16+,19-17-,22-21-,25-24-,28-27-,45-43+,53-51+. The van der Waals surface area contributed by atoms with Crippen molar-refractivity contribution < 1.29 is 15.0 Å². The van der Waals surface area contributed by atoms with E-state index in [1.54, 1.807) is 6.08 Å². The molecule has 0 aromatic carbocycles. The predicted molar refractivity (Wildman–Crippen MR) is 276 cm³/mol. The maximum atomic E-state index is 12.4. The van der Waals surface area contributed by atoms with Gasteiger partial charge in [0.2, 0.25) is 5.91 Å². The fraction of sp³-hybridized carbons (Fsp3) is 0.672. The van der Waals surface area contributed by atoms with Gasteiger partial charge in [-0.05, 0) is 96.3 Å². The van der Waals surface area contributed by atoms with Crippen molar-refractivity contribution in [3.8, 4) is 0 Å². The van der Waals surface area contributed by atoms with E-state index in [-0.39, 0.29) is 12.5 Å². The number of nitrogens with one attached hydrogen (secondary N) is 1. The van der Waals surface area contributed by atoms with Crippen LogP contribution in [0.2, 0.25) is 0 Å². The molecule has 2 unspecified atom stereocenters. The molecule has 0 heterocycles. The molecule has 3 N–H and O–H groups in total. The van der Waals surface area contributed by atoms with Crippen molar-refractivity contribution >= 4 is 5.91 Å². The number of hydrogen-bond acceptors (Lipinski definition) is 3. The molecule has 0 saturated carbocycles. The molecule has 1 amide bonds. The predicted octanol–water partition coefficient (Wildman–Crippen LogP) is 17.1. The van der Waals surface area contributed by atoms with Crippen molar-refractivity contribution in [3.05, 3.63) is 109 Å². The Kier molecular flexibility index (Phi) is 49.9. The highest BCUT2D eigenvalue weighted by Gasteiger charge is 2.17. The van der Waals surface area contributed by atoms with Gasteiger partial charge >= 0.3 is 0 Å². The Morgan fingerprint density at radius 1 is 0.403 bits per heavy atom. The molecule has 0 aliphatic carbocycles. The summed E-state index contributed by atoms with van der Waals surface area (Å²) < 4.78 is 0. The molecular weight excluding hydrogens is 759 g/mol. The molecule has 0 aliphatic rings. The van der Waals surface area contributed by atoms with Gasteiger partial charge in [-0.25, -0.2) is 0 Å². The second-order valence-electron chi connectivity index (χ2n) is 17.2. The molecule has 0 aromatic rings. The molecule has 0 radical (unpaired) electrons. The number of aliphatic hydroxyl groups is 2. The van der Waals surface area contributed by atoms with Gasteiger partial charge in [-0.15, -0.1) is 0 Å². The summed E-state index contributed by atoms with van der Waals surface area (Å²) in [6, 6.07) is -0.650. The van der Waals surface area contributed by atoms with Gasteiger partial charge in [-0.2, -0.15) is 0 Å². The summed E-state index contributed by atoms with van der Waals surface area (Å²) in [5.41, 5.74) is 0. The van der Waals surface area contributed by atoms with Crippen LogP contribution < -0.4 is 5.32 Å². The zero-order valence-electron chi connectivity index (χ0n) is 40.6. The first-order valence-corrected chi connectivity index (χ1v) is 26.1. The first-order chi connectivity index (χ1) is 30.7. The van der Waals surface area contributed by atoms with Crippen molar-refractivity contribution in [2.45, 2.75) is 244 Å². The summed E-state index contributed by atoms with van der Waals surface area (Å²) in [6.07, 6.45) is 79.4. The number of hydrogen-bond donors (Lipinski definition) is 3. The first kappa shape index (κ1) is 59.1. The Morgan fingerprint density at radius 2 is 0.726 bits per heavy atom. The molecule has 0 aromatic heterocycles. The van der Waals surface area contributed by atoms with Crippen LogP contribution in [0.1, 0.15) is 232 Å². The molecule has 0 aliphatic heterocycles. The highest BCUT2D eigenvalue weighted by Crippen LogP contribution is 2.15. The lowest BCUT2D eigenvalue weighted by atomic mass is 10.0. The largest absolute Gasteiger partial charge is 0.394 e. The fourth-order valence-electron chi connectivity index (χ4n) is 7.27. The zero-order valence-corrected chi connectivity index (χ0v) is 40.6. The Labute approximate surface area is 385 Å². The lowest BCUT2D eigenvalue weighted by Crippen LogP contribution is -2.45. The molecule has 0 saturated heterocycles. The van der Waals surface area contributed by atoms with Gasteiger partial charge in [-0.1, -0.05) is 239 Å². The summed E-state index contributed by atoms with van der Waals surface area (Å²) in [5, 5.41) is 23.0. The van der Waals surface area contributed by atoms with E-state index in [2.05, 4.69) is 116 Å². The minimum absolute atomic E-state index is 0.0816. The number of carbonyl (C=O) groups is 1. The molecule has 0 bridgehead atoms. The van der Waals surface area contributed by atoms with E-state index < -0.39 is 12.1 Å². The van der Waals surface area contributed by atoms with Gasteiger partial charge in [0.15, 0.2) is 0 Å². The summed E-state index contributed by atoms with van der Waals surface area (Å²) in [4.78, 5) is 12.4. The Morgan fingerprint density at radius 3 is 1.13 bits per heavy atom. The van der Waals surface area contributed by atoms with E-state index in [0.717, 1.165) is 77.0 Å².